The summed E-state index contributed by atoms with van der Waals surface area (Å²) in [5.74, 6) is 1.50. The van der Waals surface area contributed by atoms with Crippen molar-refractivity contribution in [2.75, 3.05) is 5.32 Å². The van der Waals surface area contributed by atoms with E-state index in [4.69, 9.17) is 4.74 Å². The molecule has 3 heterocycles. The minimum absolute atomic E-state index is 0.226. The van der Waals surface area contributed by atoms with E-state index < -0.39 is 0 Å². The van der Waals surface area contributed by atoms with Crippen molar-refractivity contribution < 1.29 is 9.53 Å². The molecule has 0 aliphatic carbocycles. The molecule has 0 atom stereocenters. The average Bonchev–Trinajstić information content (AvgIpc) is 3.51. The standard InChI is InChI=1S/C25H20N6O2/c1-18-22(16-28-31(18)20-7-3-2-4-8-20)25(32)29-19-9-11-21(12-10-19)33-24-15-23(26-17-27-24)30-13-5-6-14-30/h2-17H,1H3,(H,29,32). The van der Waals surface area contributed by atoms with Gasteiger partial charge in [0.05, 0.1) is 23.1 Å². The molecule has 0 aliphatic rings. The van der Waals surface area contributed by atoms with Crippen molar-refractivity contribution in [3.63, 3.8) is 0 Å². The number of amides is 1. The highest BCUT2D eigenvalue weighted by Crippen LogP contribution is 2.23. The molecule has 162 valence electrons. The molecule has 0 saturated carbocycles. The van der Waals surface area contributed by atoms with Crippen molar-refractivity contribution in [1.82, 2.24) is 24.3 Å². The zero-order valence-electron chi connectivity index (χ0n) is 17.8. The van der Waals surface area contributed by atoms with Crippen LogP contribution >= 0.6 is 0 Å². The highest BCUT2D eigenvalue weighted by molar-refractivity contribution is 6.05. The molecule has 1 N–H and O–H groups in total. The van der Waals surface area contributed by atoms with Crippen molar-refractivity contribution in [3.05, 3.63) is 109 Å². The summed E-state index contributed by atoms with van der Waals surface area (Å²) >= 11 is 0. The second-order valence-corrected chi connectivity index (χ2v) is 7.28. The van der Waals surface area contributed by atoms with Crippen LogP contribution in [0.2, 0.25) is 0 Å². The molecule has 0 fully saturated rings. The Labute approximate surface area is 190 Å². The summed E-state index contributed by atoms with van der Waals surface area (Å²) in [5, 5.41) is 7.26. The summed E-state index contributed by atoms with van der Waals surface area (Å²) in [4.78, 5) is 21.2. The van der Waals surface area contributed by atoms with Crippen LogP contribution < -0.4 is 10.1 Å². The van der Waals surface area contributed by atoms with Crippen molar-refractivity contribution in [1.29, 1.82) is 0 Å². The van der Waals surface area contributed by atoms with Crippen LogP contribution in [0.3, 0.4) is 0 Å². The zero-order valence-corrected chi connectivity index (χ0v) is 17.8. The van der Waals surface area contributed by atoms with Crippen LogP contribution in [0.4, 0.5) is 5.69 Å². The molecule has 0 bridgehead atoms. The number of nitrogens with one attached hydrogen (secondary N) is 1. The monoisotopic (exact) mass is 436 g/mol. The normalized spacial score (nSPS) is 10.7. The van der Waals surface area contributed by atoms with Crippen LogP contribution in [0, 0.1) is 6.92 Å². The van der Waals surface area contributed by atoms with Crippen LogP contribution in [-0.4, -0.2) is 30.2 Å². The summed E-state index contributed by atoms with van der Waals surface area (Å²) in [6.07, 6.45) is 6.83. The van der Waals surface area contributed by atoms with Crippen molar-refractivity contribution in [2.24, 2.45) is 0 Å². The SMILES string of the molecule is Cc1c(C(=O)Nc2ccc(Oc3cc(-n4cccc4)ncn3)cc2)cnn1-c1ccccc1. The van der Waals surface area contributed by atoms with Gasteiger partial charge < -0.3 is 14.6 Å². The lowest BCUT2D eigenvalue weighted by Crippen LogP contribution is -2.13. The molecule has 0 unspecified atom stereocenters. The average molecular weight is 436 g/mol. The van der Waals surface area contributed by atoms with Crippen molar-refractivity contribution >= 4 is 11.6 Å². The Balaban J connectivity index is 1.27. The first kappa shape index (κ1) is 20.2. The smallest absolute Gasteiger partial charge is 0.259 e. The van der Waals surface area contributed by atoms with Gasteiger partial charge in [-0.2, -0.15) is 5.10 Å². The quantitative estimate of drug-likeness (QED) is 0.413. The molecule has 0 aliphatic heterocycles. The van der Waals surface area contributed by atoms with Gasteiger partial charge in [-0.15, -0.1) is 0 Å². The van der Waals surface area contributed by atoms with E-state index in [0.717, 1.165) is 11.4 Å². The molecule has 0 radical (unpaired) electrons. The third kappa shape index (κ3) is 4.35. The van der Waals surface area contributed by atoms with E-state index >= 15 is 0 Å². The Bertz CT molecular complexity index is 1380. The predicted molar refractivity (Wildman–Crippen MR) is 124 cm³/mol. The number of ether oxygens (including phenoxy) is 1. The van der Waals surface area contributed by atoms with E-state index in [-0.39, 0.29) is 5.91 Å². The van der Waals surface area contributed by atoms with Crippen LogP contribution in [0.15, 0.2) is 97.7 Å². The van der Waals surface area contributed by atoms with Gasteiger partial charge in [-0.3, -0.25) is 4.79 Å². The molecule has 2 aromatic carbocycles. The Hall–Kier alpha value is -4.72. The van der Waals surface area contributed by atoms with Crippen molar-refractivity contribution in [3.8, 4) is 23.1 Å². The van der Waals surface area contributed by atoms with Crippen LogP contribution in [0.5, 0.6) is 11.6 Å². The van der Waals surface area contributed by atoms with Gasteiger partial charge in [0.2, 0.25) is 5.88 Å². The van der Waals surface area contributed by atoms with Gasteiger partial charge in [-0.1, -0.05) is 18.2 Å². The molecule has 5 rings (SSSR count). The lowest BCUT2D eigenvalue weighted by molar-refractivity contribution is 0.102. The number of anilines is 1. The zero-order chi connectivity index (χ0) is 22.6. The fourth-order valence-electron chi connectivity index (χ4n) is 3.40. The molecule has 0 spiro atoms. The van der Waals surface area contributed by atoms with E-state index in [1.54, 1.807) is 41.2 Å². The lowest BCUT2D eigenvalue weighted by Gasteiger charge is -2.09. The predicted octanol–water partition coefficient (Wildman–Crippen LogP) is 4.81. The Morgan fingerprint density at radius 2 is 1.70 bits per heavy atom. The van der Waals surface area contributed by atoms with Gasteiger partial charge in [-0.05, 0) is 55.5 Å². The number of rotatable bonds is 6. The molecular formula is C25H20N6O2. The molecule has 8 nitrogen and oxygen atoms in total. The first-order valence-corrected chi connectivity index (χ1v) is 10.3. The third-order valence-corrected chi connectivity index (χ3v) is 5.09. The second-order valence-electron chi connectivity index (χ2n) is 7.28. The van der Waals surface area contributed by atoms with E-state index in [0.29, 0.717) is 28.7 Å². The Morgan fingerprint density at radius 1 is 0.939 bits per heavy atom. The number of hydrogen-bond donors (Lipinski definition) is 1. The van der Waals surface area contributed by atoms with Crippen LogP contribution in [0.25, 0.3) is 11.5 Å². The number of hydrogen-bond acceptors (Lipinski definition) is 5. The number of aromatic nitrogens is 5. The number of benzene rings is 2. The summed E-state index contributed by atoms with van der Waals surface area (Å²) in [6.45, 7) is 1.87. The molecule has 33 heavy (non-hydrogen) atoms. The molecule has 3 aromatic heterocycles. The molecular weight excluding hydrogens is 416 g/mol. The van der Waals surface area contributed by atoms with E-state index in [2.05, 4.69) is 20.4 Å². The maximum atomic E-state index is 12.8. The summed E-state index contributed by atoms with van der Waals surface area (Å²) in [7, 11) is 0. The summed E-state index contributed by atoms with van der Waals surface area (Å²) in [5.41, 5.74) is 2.83. The molecule has 1 amide bonds. The first-order chi connectivity index (χ1) is 16.2. The summed E-state index contributed by atoms with van der Waals surface area (Å²) in [6, 6.07) is 22.4. The van der Waals surface area contributed by atoms with E-state index in [1.807, 2.05) is 66.3 Å². The first-order valence-electron chi connectivity index (χ1n) is 10.3. The lowest BCUT2D eigenvalue weighted by atomic mass is 10.2. The highest BCUT2D eigenvalue weighted by atomic mass is 16.5. The van der Waals surface area contributed by atoms with Gasteiger partial charge >= 0.3 is 0 Å². The van der Waals surface area contributed by atoms with Crippen LogP contribution in [0.1, 0.15) is 16.1 Å². The molecule has 0 saturated heterocycles. The largest absolute Gasteiger partial charge is 0.439 e. The molecule has 8 heteroatoms. The minimum Gasteiger partial charge on any atom is -0.439 e. The highest BCUT2D eigenvalue weighted by Gasteiger charge is 2.15. The van der Waals surface area contributed by atoms with Crippen LogP contribution in [-0.2, 0) is 0 Å². The Kier molecular flexibility index (Phi) is 5.38. The third-order valence-electron chi connectivity index (χ3n) is 5.09. The Morgan fingerprint density at radius 3 is 2.45 bits per heavy atom. The molecule has 5 aromatic rings. The van der Waals surface area contributed by atoms with Crippen molar-refractivity contribution in [2.45, 2.75) is 6.92 Å². The maximum absolute atomic E-state index is 12.8. The number of para-hydroxylation sites is 1. The van der Waals surface area contributed by atoms with Gasteiger partial charge in [0.15, 0.2) is 0 Å². The van der Waals surface area contributed by atoms with E-state index in [9.17, 15) is 4.79 Å². The number of carbonyl (C=O) groups excluding carboxylic acids is 1. The fraction of sp³-hybridized carbons (Fsp3) is 0.0400. The van der Waals surface area contributed by atoms with Gasteiger partial charge in [-0.25, -0.2) is 14.6 Å². The van der Waals surface area contributed by atoms with E-state index in [1.165, 1.54) is 6.33 Å². The summed E-state index contributed by atoms with van der Waals surface area (Å²) < 4.78 is 9.46. The minimum atomic E-state index is -0.226. The van der Waals surface area contributed by atoms with Gasteiger partial charge in [0.1, 0.15) is 17.9 Å². The second kappa shape index (κ2) is 8.80. The van der Waals surface area contributed by atoms with Gasteiger partial charge in [0, 0.05) is 24.1 Å². The number of nitrogens with zero attached hydrogens (tertiary/aromatic N) is 5. The maximum Gasteiger partial charge on any atom is 0.259 e. The number of carbonyl (C=O) groups is 1. The van der Waals surface area contributed by atoms with Gasteiger partial charge in [0.25, 0.3) is 5.91 Å². The fourth-order valence-corrected chi connectivity index (χ4v) is 3.40. The topological polar surface area (TPSA) is 86.9 Å².